The molecule has 24 heavy (non-hydrogen) atoms. The van der Waals surface area contributed by atoms with Crippen LogP contribution < -0.4 is 0 Å². The van der Waals surface area contributed by atoms with E-state index in [1.54, 1.807) is 0 Å². The molecule has 0 amide bonds. The second-order valence-corrected chi connectivity index (χ2v) is 7.60. The van der Waals surface area contributed by atoms with Crippen molar-refractivity contribution in [2.24, 2.45) is 0 Å². The van der Waals surface area contributed by atoms with Gasteiger partial charge in [-0.3, -0.25) is 0 Å². The molecule has 1 nitrogen and oxygen atoms in total. The Hall–Kier alpha value is -1.86. The Kier molecular flexibility index (Phi) is 5.20. The zero-order valence-electron chi connectivity index (χ0n) is 15.4. The minimum Gasteiger partial charge on any atom is -0.328 e. The van der Waals surface area contributed by atoms with E-state index in [0.717, 1.165) is 23.7 Å². The van der Waals surface area contributed by atoms with Gasteiger partial charge in [0.05, 0.1) is 27.2 Å². The van der Waals surface area contributed by atoms with Crippen LogP contribution in [0.3, 0.4) is 0 Å². The van der Waals surface area contributed by atoms with Gasteiger partial charge in [0.2, 0.25) is 0 Å². The first-order chi connectivity index (χ1) is 11.6. The van der Waals surface area contributed by atoms with Gasteiger partial charge in [0.25, 0.3) is 0 Å². The maximum absolute atomic E-state index is 2.48. The fourth-order valence-electron chi connectivity index (χ4n) is 3.91. The summed E-state index contributed by atoms with van der Waals surface area (Å²) < 4.78 is 1.10. The molecular formula is C23H30N+. The normalized spacial score (nSPS) is 13.9. The van der Waals surface area contributed by atoms with Gasteiger partial charge >= 0.3 is 0 Å². The van der Waals surface area contributed by atoms with Crippen LogP contribution in [0.25, 0.3) is 5.57 Å². The zero-order valence-corrected chi connectivity index (χ0v) is 15.4. The molecule has 0 aromatic heterocycles. The SMILES string of the molecule is CCC[N+](C)(C)CCC=C1c2ccccc2CCc2ccccc21. The molecular weight excluding hydrogens is 290 g/mol. The predicted octanol–water partition coefficient (Wildman–Crippen LogP) is 5.09. The summed E-state index contributed by atoms with van der Waals surface area (Å²) in [6.45, 7) is 4.72. The highest BCUT2D eigenvalue weighted by molar-refractivity contribution is 5.83. The summed E-state index contributed by atoms with van der Waals surface area (Å²) in [5.41, 5.74) is 7.28. The maximum Gasteiger partial charge on any atom is 0.0817 e. The van der Waals surface area contributed by atoms with E-state index in [4.69, 9.17) is 0 Å². The third-order valence-corrected chi connectivity index (χ3v) is 5.19. The number of hydrogen-bond donors (Lipinski definition) is 0. The first-order valence-electron chi connectivity index (χ1n) is 9.29. The third-order valence-electron chi connectivity index (χ3n) is 5.19. The molecule has 0 fully saturated rings. The average Bonchev–Trinajstić information content (AvgIpc) is 2.73. The zero-order chi connectivity index (χ0) is 17.0. The molecule has 0 saturated carbocycles. The second-order valence-electron chi connectivity index (χ2n) is 7.60. The predicted molar refractivity (Wildman–Crippen MR) is 104 cm³/mol. The maximum atomic E-state index is 2.48. The lowest BCUT2D eigenvalue weighted by atomic mass is 9.93. The van der Waals surface area contributed by atoms with Crippen molar-refractivity contribution in [3.63, 3.8) is 0 Å². The smallest absolute Gasteiger partial charge is 0.0817 e. The number of hydrogen-bond acceptors (Lipinski definition) is 0. The molecule has 1 heteroatoms. The van der Waals surface area contributed by atoms with E-state index in [1.165, 1.54) is 47.3 Å². The van der Waals surface area contributed by atoms with E-state index in [9.17, 15) is 0 Å². The summed E-state index contributed by atoms with van der Waals surface area (Å²) in [4.78, 5) is 0. The first-order valence-corrected chi connectivity index (χ1v) is 9.29. The van der Waals surface area contributed by atoms with E-state index in [2.05, 4.69) is 75.6 Å². The van der Waals surface area contributed by atoms with Crippen LogP contribution in [-0.2, 0) is 12.8 Å². The van der Waals surface area contributed by atoms with Gasteiger partial charge in [0.15, 0.2) is 0 Å². The van der Waals surface area contributed by atoms with Gasteiger partial charge in [-0.2, -0.15) is 0 Å². The van der Waals surface area contributed by atoms with E-state index in [1.807, 2.05) is 0 Å². The quantitative estimate of drug-likeness (QED) is 0.673. The van der Waals surface area contributed by atoms with E-state index >= 15 is 0 Å². The van der Waals surface area contributed by atoms with Crippen LogP contribution in [0.5, 0.6) is 0 Å². The van der Waals surface area contributed by atoms with Gasteiger partial charge in [-0.1, -0.05) is 61.5 Å². The average molecular weight is 320 g/mol. The van der Waals surface area contributed by atoms with Crippen LogP contribution in [0.15, 0.2) is 54.6 Å². The number of aryl methyl sites for hydroxylation is 2. The molecule has 126 valence electrons. The van der Waals surface area contributed by atoms with Crippen LogP contribution >= 0.6 is 0 Å². The number of quaternary nitrogens is 1. The lowest BCUT2D eigenvalue weighted by Gasteiger charge is -2.29. The Morgan fingerprint density at radius 2 is 1.38 bits per heavy atom. The molecule has 1 aliphatic carbocycles. The van der Waals surface area contributed by atoms with Crippen molar-refractivity contribution in [2.75, 3.05) is 27.2 Å². The summed E-state index contributed by atoms with van der Waals surface area (Å²) in [6, 6.07) is 17.9. The van der Waals surface area contributed by atoms with Crippen LogP contribution in [0.2, 0.25) is 0 Å². The molecule has 2 aromatic carbocycles. The molecule has 0 heterocycles. The topological polar surface area (TPSA) is 0 Å². The fourth-order valence-corrected chi connectivity index (χ4v) is 3.91. The summed E-state index contributed by atoms with van der Waals surface area (Å²) in [5.74, 6) is 0. The third kappa shape index (κ3) is 3.79. The van der Waals surface area contributed by atoms with Gasteiger partial charge in [0.1, 0.15) is 0 Å². The number of benzene rings is 2. The molecule has 0 radical (unpaired) electrons. The highest BCUT2D eigenvalue weighted by Gasteiger charge is 2.18. The largest absolute Gasteiger partial charge is 0.328 e. The lowest BCUT2D eigenvalue weighted by Crippen LogP contribution is -2.40. The van der Waals surface area contributed by atoms with Crippen LogP contribution in [0.4, 0.5) is 0 Å². The van der Waals surface area contributed by atoms with Gasteiger partial charge in [-0.25, -0.2) is 0 Å². The number of nitrogens with zero attached hydrogens (tertiary/aromatic N) is 1. The summed E-state index contributed by atoms with van der Waals surface area (Å²) in [6.07, 6.45) is 7.14. The number of fused-ring (bicyclic) bond motifs is 2. The Labute approximate surface area is 147 Å². The van der Waals surface area contributed by atoms with Crippen molar-refractivity contribution in [2.45, 2.75) is 32.6 Å². The molecule has 0 saturated heterocycles. The summed E-state index contributed by atoms with van der Waals surface area (Å²) in [7, 11) is 4.69. The van der Waals surface area contributed by atoms with Crippen molar-refractivity contribution in [1.82, 2.24) is 0 Å². The number of rotatable bonds is 5. The Balaban J connectivity index is 1.95. The molecule has 0 aliphatic heterocycles. The van der Waals surface area contributed by atoms with Crippen LogP contribution in [0, 0.1) is 0 Å². The van der Waals surface area contributed by atoms with Crippen molar-refractivity contribution < 1.29 is 4.48 Å². The van der Waals surface area contributed by atoms with Crippen molar-refractivity contribution in [3.05, 3.63) is 76.9 Å². The van der Waals surface area contributed by atoms with Crippen LogP contribution in [0.1, 0.15) is 42.0 Å². The van der Waals surface area contributed by atoms with Crippen molar-refractivity contribution in [1.29, 1.82) is 0 Å². The summed E-state index contributed by atoms with van der Waals surface area (Å²) in [5, 5.41) is 0. The van der Waals surface area contributed by atoms with E-state index < -0.39 is 0 Å². The minimum absolute atomic E-state index is 1.10. The standard InChI is InChI=1S/C23H30N/c1-4-17-24(2,3)18-9-14-23-21-12-7-5-10-19(21)15-16-20-11-6-8-13-22(20)23/h5-8,10-14H,4,9,15-18H2,1-3H3/q+1. The molecule has 0 spiro atoms. The first kappa shape index (κ1) is 17.0. The molecule has 1 aliphatic rings. The molecule has 0 N–H and O–H groups in total. The Bertz CT molecular complexity index is 675. The van der Waals surface area contributed by atoms with Crippen molar-refractivity contribution >= 4 is 5.57 Å². The lowest BCUT2D eigenvalue weighted by molar-refractivity contribution is -0.889. The monoisotopic (exact) mass is 320 g/mol. The molecule has 0 bridgehead atoms. The van der Waals surface area contributed by atoms with Crippen molar-refractivity contribution in [3.8, 4) is 0 Å². The summed E-state index contributed by atoms with van der Waals surface area (Å²) >= 11 is 0. The van der Waals surface area contributed by atoms with Crippen LogP contribution in [-0.4, -0.2) is 31.7 Å². The molecule has 0 unspecified atom stereocenters. The molecule has 2 aromatic rings. The molecule has 0 atom stereocenters. The Morgan fingerprint density at radius 1 is 0.833 bits per heavy atom. The van der Waals surface area contributed by atoms with E-state index in [0.29, 0.717) is 0 Å². The van der Waals surface area contributed by atoms with Gasteiger partial charge in [-0.05, 0) is 47.1 Å². The van der Waals surface area contributed by atoms with Gasteiger partial charge in [-0.15, -0.1) is 0 Å². The fraction of sp³-hybridized carbons (Fsp3) is 0.391. The highest BCUT2D eigenvalue weighted by atomic mass is 15.3. The van der Waals surface area contributed by atoms with Gasteiger partial charge in [0, 0.05) is 6.42 Å². The highest BCUT2D eigenvalue weighted by Crippen LogP contribution is 2.33. The second kappa shape index (κ2) is 7.36. The Morgan fingerprint density at radius 3 is 1.92 bits per heavy atom. The van der Waals surface area contributed by atoms with E-state index in [-0.39, 0.29) is 0 Å². The minimum atomic E-state index is 1.10. The van der Waals surface area contributed by atoms with Gasteiger partial charge < -0.3 is 4.48 Å². The molecule has 3 rings (SSSR count).